The molecule has 1 aliphatic carbocycles. The van der Waals surface area contributed by atoms with Crippen molar-refractivity contribution in [2.75, 3.05) is 0 Å². The number of thiazole rings is 2. The highest BCUT2D eigenvalue weighted by atomic mass is 32.1. The highest BCUT2D eigenvalue weighted by Crippen LogP contribution is 2.62. The molecular formula is C45H68N2S4Si. The number of unbranched alkanes of at least 4 members (excludes halogenated alkanes) is 8. The Hall–Kier alpha value is -1.12. The van der Waals surface area contributed by atoms with Crippen molar-refractivity contribution in [3.05, 3.63) is 33.1 Å². The van der Waals surface area contributed by atoms with E-state index in [-0.39, 0.29) is 5.41 Å². The Labute approximate surface area is 334 Å². The molecular weight excluding hydrogens is 725 g/mol. The topological polar surface area (TPSA) is 25.8 Å². The molecule has 2 atom stereocenters. The van der Waals surface area contributed by atoms with E-state index in [1.807, 2.05) is 22.7 Å². The van der Waals surface area contributed by atoms with Crippen molar-refractivity contribution in [2.45, 2.75) is 188 Å². The molecule has 2 aliphatic rings. The summed E-state index contributed by atoms with van der Waals surface area (Å²) in [6.07, 6.45) is 23.9. The maximum absolute atomic E-state index is 5.85. The average molecular weight is 793 g/mol. The zero-order chi connectivity index (χ0) is 36.9. The van der Waals surface area contributed by atoms with E-state index in [4.69, 9.17) is 9.97 Å². The maximum atomic E-state index is 5.85. The van der Waals surface area contributed by atoms with E-state index in [1.165, 1.54) is 168 Å². The van der Waals surface area contributed by atoms with Crippen LogP contribution in [-0.4, -0.2) is 18.0 Å². The minimum Gasteiger partial charge on any atom is -0.250 e. The van der Waals surface area contributed by atoms with Gasteiger partial charge in [-0.05, 0) is 73.9 Å². The van der Waals surface area contributed by atoms with Crippen LogP contribution in [0.15, 0.2) is 12.1 Å². The molecule has 4 aromatic heterocycles. The lowest BCUT2D eigenvalue weighted by molar-refractivity contribution is 0.266. The minimum atomic E-state index is -2.02. The molecule has 0 aromatic carbocycles. The molecule has 0 bridgehead atoms. The van der Waals surface area contributed by atoms with E-state index in [0.29, 0.717) is 0 Å². The fraction of sp³-hybridized carbons (Fsp3) is 0.689. The minimum absolute atomic E-state index is 0.131. The summed E-state index contributed by atoms with van der Waals surface area (Å²) >= 11 is 8.16. The summed E-state index contributed by atoms with van der Waals surface area (Å²) in [4.78, 5) is 20.4. The van der Waals surface area contributed by atoms with Crippen LogP contribution in [0.3, 0.4) is 0 Å². The van der Waals surface area contributed by atoms with Crippen LogP contribution in [0.4, 0.5) is 0 Å². The van der Waals surface area contributed by atoms with Gasteiger partial charge in [0.25, 0.3) is 0 Å². The molecule has 1 aliphatic heterocycles. The molecule has 0 saturated heterocycles. The predicted molar refractivity (Wildman–Crippen MR) is 239 cm³/mol. The molecule has 2 nitrogen and oxygen atoms in total. The second-order valence-electron chi connectivity index (χ2n) is 16.6. The van der Waals surface area contributed by atoms with Gasteiger partial charge in [0, 0.05) is 20.0 Å². The second kappa shape index (κ2) is 18.2. The molecule has 52 heavy (non-hydrogen) atoms. The lowest BCUT2D eigenvalue weighted by Crippen LogP contribution is -2.56. The summed E-state index contributed by atoms with van der Waals surface area (Å²) in [5.74, 6) is 1.55. The fourth-order valence-corrected chi connectivity index (χ4v) is 21.1. The van der Waals surface area contributed by atoms with Crippen molar-refractivity contribution in [2.24, 2.45) is 11.8 Å². The van der Waals surface area contributed by atoms with E-state index >= 15 is 0 Å². The van der Waals surface area contributed by atoms with E-state index in [0.717, 1.165) is 11.8 Å². The average Bonchev–Trinajstić information content (AvgIpc) is 3.98. The van der Waals surface area contributed by atoms with Crippen LogP contribution >= 0.6 is 45.3 Å². The molecule has 5 heterocycles. The third-order valence-corrected chi connectivity index (χ3v) is 22.8. The number of nitrogens with zero attached hydrogens (tertiary/aromatic N) is 2. The van der Waals surface area contributed by atoms with E-state index in [2.05, 4.69) is 90.2 Å². The Morgan fingerprint density at radius 1 is 0.577 bits per heavy atom. The lowest BCUT2D eigenvalue weighted by atomic mass is 9.65. The lowest BCUT2D eigenvalue weighted by Gasteiger charge is -2.37. The van der Waals surface area contributed by atoms with Crippen LogP contribution in [0.5, 0.6) is 0 Å². The molecule has 0 amide bonds. The van der Waals surface area contributed by atoms with Gasteiger partial charge in [0.2, 0.25) is 0 Å². The van der Waals surface area contributed by atoms with E-state index < -0.39 is 8.07 Å². The summed E-state index contributed by atoms with van der Waals surface area (Å²) < 4.78 is 0. The van der Waals surface area contributed by atoms with Crippen molar-refractivity contribution < 1.29 is 0 Å². The first-order valence-corrected chi connectivity index (χ1v) is 27.2. The number of aromatic nitrogens is 2. The zero-order valence-corrected chi connectivity index (χ0v) is 38.2. The summed E-state index contributed by atoms with van der Waals surface area (Å²) in [6, 6.07) is 7.98. The van der Waals surface area contributed by atoms with Gasteiger partial charge in [-0.2, -0.15) is 0 Å². The molecule has 0 N–H and O–H groups in total. The molecule has 2 unspecified atom stereocenters. The number of thiophene rings is 2. The van der Waals surface area contributed by atoms with Crippen LogP contribution in [0.2, 0.25) is 12.1 Å². The molecule has 0 saturated carbocycles. The Balaban J connectivity index is 1.46. The molecule has 7 heteroatoms. The van der Waals surface area contributed by atoms with Crippen LogP contribution in [0.25, 0.3) is 29.4 Å². The van der Waals surface area contributed by atoms with Crippen LogP contribution in [-0.2, 0) is 5.41 Å². The Morgan fingerprint density at radius 3 is 1.69 bits per heavy atom. The van der Waals surface area contributed by atoms with Gasteiger partial charge in [-0.15, -0.1) is 45.3 Å². The van der Waals surface area contributed by atoms with Crippen molar-refractivity contribution >= 4 is 64.1 Å². The first-order chi connectivity index (χ1) is 25.3. The third kappa shape index (κ3) is 7.93. The zero-order valence-electron chi connectivity index (χ0n) is 34.0. The highest BCUT2D eigenvalue weighted by Gasteiger charge is 2.51. The van der Waals surface area contributed by atoms with Gasteiger partial charge >= 0.3 is 0 Å². The third-order valence-electron chi connectivity index (χ3n) is 12.8. The Kier molecular flexibility index (Phi) is 14.2. The fourth-order valence-electron chi connectivity index (χ4n) is 9.83. The largest absolute Gasteiger partial charge is 0.250 e. The predicted octanol–water partition coefficient (Wildman–Crippen LogP) is 15.2. The Morgan fingerprint density at radius 2 is 1.12 bits per heavy atom. The van der Waals surface area contributed by atoms with Gasteiger partial charge < -0.3 is 0 Å². The molecule has 0 spiro atoms. The molecule has 0 fully saturated rings. The number of rotatable bonds is 23. The molecule has 0 radical (unpaired) electrons. The molecule has 286 valence electrons. The van der Waals surface area contributed by atoms with Crippen LogP contribution in [0.1, 0.15) is 178 Å². The van der Waals surface area contributed by atoms with Crippen LogP contribution in [0, 0.1) is 25.7 Å². The monoisotopic (exact) mass is 792 g/mol. The van der Waals surface area contributed by atoms with E-state index in [9.17, 15) is 0 Å². The molecule has 4 aromatic rings. The van der Waals surface area contributed by atoms with Gasteiger partial charge in [0.05, 0.1) is 30.3 Å². The summed E-state index contributed by atoms with van der Waals surface area (Å²) in [5.41, 5.74) is 3.49. The first kappa shape index (κ1) is 40.5. The van der Waals surface area contributed by atoms with Crippen molar-refractivity contribution in [3.8, 4) is 29.4 Å². The maximum Gasteiger partial charge on any atom is 0.168 e. The number of fused-ring (bicyclic) bond motifs is 6. The van der Waals surface area contributed by atoms with Crippen LogP contribution < -0.4 is 10.6 Å². The normalized spacial score (nSPS) is 18.1. The van der Waals surface area contributed by atoms with Gasteiger partial charge in [-0.1, -0.05) is 144 Å². The smallest absolute Gasteiger partial charge is 0.168 e. The highest BCUT2D eigenvalue weighted by molar-refractivity contribution is 7.32. The molecule has 6 rings (SSSR count). The van der Waals surface area contributed by atoms with Gasteiger partial charge in [-0.25, -0.2) is 4.98 Å². The van der Waals surface area contributed by atoms with Gasteiger partial charge in [0.1, 0.15) is 5.01 Å². The Bertz CT molecular complexity index is 1710. The second-order valence-corrected chi connectivity index (χ2v) is 25.2. The summed E-state index contributed by atoms with van der Waals surface area (Å²) in [6.45, 7) is 19.0. The number of hydrogen-bond acceptors (Lipinski definition) is 6. The quantitative estimate of drug-likeness (QED) is 0.0552. The van der Waals surface area contributed by atoms with Gasteiger partial charge in [0.15, 0.2) is 8.07 Å². The standard InChI is InChI=1S/C45H68N2S4Si/c1-9-15-19-21-25-52(26-22-20-16-10-2)43-40(49-32(8)46-43)41-44(52)47-42(51-41)37-28-36-39(50-37)38-35(27-31(7)48-38)45(36,29-33(13-5)23-17-11-3)30-34(14-6)24-18-12-4/h27-28,33-34H,9-26,29-30H2,1-8H3. The van der Waals surface area contributed by atoms with E-state index in [1.54, 1.807) is 20.9 Å². The number of hydrogen-bond donors (Lipinski definition) is 0. The number of aryl methyl sites for hydroxylation is 2. The van der Waals surface area contributed by atoms with Crippen molar-refractivity contribution in [1.29, 1.82) is 0 Å². The SMILES string of the molecule is CCCCCC[Si]1(CCCCCC)c2nc(C)sc2-c2sc(-c3cc4c(s3)-c3sc(C)cc3C4(CC(CC)CCCC)CC(CC)CCCC)nc21. The van der Waals surface area contributed by atoms with Crippen molar-refractivity contribution in [3.63, 3.8) is 0 Å². The summed E-state index contributed by atoms with van der Waals surface area (Å²) in [5, 5.41) is 5.61. The van der Waals surface area contributed by atoms with Crippen molar-refractivity contribution in [1.82, 2.24) is 9.97 Å². The van der Waals surface area contributed by atoms with Gasteiger partial charge in [-0.3, -0.25) is 4.98 Å². The first-order valence-electron chi connectivity index (χ1n) is 21.5. The summed E-state index contributed by atoms with van der Waals surface area (Å²) in [7, 11) is -2.02.